The second-order valence-electron chi connectivity index (χ2n) is 4.53. The molecule has 0 radical (unpaired) electrons. The quantitative estimate of drug-likeness (QED) is 0.722. The van der Waals surface area contributed by atoms with E-state index in [9.17, 15) is 0 Å². The van der Waals surface area contributed by atoms with Crippen molar-refractivity contribution in [1.82, 2.24) is 5.32 Å². The zero-order valence-electron chi connectivity index (χ0n) is 10.2. The van der Waals surface area contributed by atoms with Crippen molar-refractivity contribution in [2.24, 2.45) is 0 Å². The van der Waals surface area contributed by atoms with Gasteiger partial charge in [0.25, 0.3) is 0 Å². The van der Waals surface area contributed by atoms with Gasteiger partial charge in [-0.1, -0.05) is 6.92 Å². The van der Waals surface area contributed by atoms with Gasteiger partial charge in [0.15, 0.2) is 0 Å². The summed E-state index contributed by atoms with van der Waals surface area (Å²) in [6, 6.07) is 2.81. The van der Waals surface area contributed by atoms with Gasteiger partial charge in [0, 0.05) is 12.6 Å². The van der Waals surface area contributed by atoms with Crippen molar-refractivity contribution in [3.63, 3.8) is 0 Å². The number of aryl methyl sites for hydroxylation is 1. The highest BCUT2D eigenvalue weighted by molar-refractivity contribution is 5.19. The molecule has 1 heterocycles. The van der Waals surface area contributed by atoms with Crippen molar-refractivity contribution < 1.29 is 9.15 Å². The predicted octanol–water partition coefficient (Wildman–Crippen LogP) is 2.77. The first-order valence-corrected chi connectivity index (χ1v) is 6.19. The van der Waals surface area contributed by atoms with E-state index in [2.05, 4.69) is 25.2 Å². The number of hydrogen-bond donors (Lipinski definition) is 1. The maximum Gasteiger partial charge on any atom is 0.130 e. The summed E-state index contributed by atoms with van der Waals surface area (Å²) in [4.78, 5) is 0. The molecule has 3 heteroatoms. The molecule has 0 atom stereocenters. The fourth-order valence-electron chi connectivity index (χ4n) is 1.68. The van der Waals surface area contributed by atoms with E-state index in [0.717, 1.165) is 37.1 Å². The Kier molecular flexibility index (Phi) is 4.02. The molecule has 1 aromatic heterocycles. The normalized spacial score (nSPS) is 15.6. The largest absolute Gasteiger partial charge is 0.462 e. The van der Waals surface area contributed by atoms with Crippen molar-refractivity contribution in [3.8, 4) is 0 Å². The van der Waals surface area contributed by atoms with E-state index in [0.29, 0.717) is 6.61 Å². The molecule has 0 saturated heterocycles. The minimum absolute atomic E-state index is 0.595. The predicted molar refractivity (Wildman–Crippen MR) is 63.3 cm³/mol. The van der Waals surface area contributed by atoms with Crippen LogP contribution in [-0.4, -0.2) is 12.6 Å². The second kappa shape index (κ2) is 5.51. The third-order valence-corrected chi connectivity index (χ3v) is 2.79. The minimum Gasteiger partial charge on any atom is -0.462 e. The van der Waals surface area contributed by atoms with Crippen LogP contribution in [0.2, 0.25) is 0 Å². The first-order valence-electron chi connectivity index (χ1n) is 6.19. The van der Waals surface area contributed by atoms with Gasteiger partial charge in [-0.2, -0.15) is 0 Å². The Labute approximate surface area is 97.2 Å². The van der Waals surface area contributed by atoms with Crippen LogP contribution in [0.4, 0.5) is 0 Å². The second-order valence-corrected chi connectivity index (χ2v) is 4.53. The van der Waals surface area contributed by atoms with Crippen LogP contribution in [0.1, 0.15) is 43.3 Å². The molecule has 1 aliphatic rings. The summed E-state index contributed by atoms with van der Waals surface area (Å²) in [6.07, 6.45) is 3.67. The van der Waals surface area contributed by atoms with E-state index in [-0.39, 0.29) is 0 Å². The van der Waals surface area contributed by atoms with Crippen molar-refractivity contribution in [2.45, 2.75) is 52.3 Å². The summed E-state index contributed by atoms with van der Waals surface area (Å²) in [6.45, 7) is 6.45. The van der Waals surface area contributed by atoms with Crippen molar-refractivity contribution in [1.29, 1.82) is 0 Å². The van der Waals surface area contributed by atoms with Gasteiger partial charge in [-0.05, 0) is 37.8 Å². The SMILES string of the molecule is CCCOCc1cc(C)c(CNC2CC2)o1. The standard InChI is InChI=1S/C13H21NO2/c1-3-6-15-9-12-7-10(2)13(16-12)8-14-11-4-5-11/h7,11,14H,3-6,8-9H2,1-2H3. The molecule has 2 rings (SSSR count). The van der Waals surface area contributed by atoms with Gasteiger partial charge >= 0.3 is 0 Å². The molecule has 0 bridgehead atoms. The molecule has 16 heavy (non-hydrogen) atoms. The van der Waals surface area contributed by atoms with Gasteiger partial charge in [-0.15, -0.1) is 0 Å². The van der Waals surface area contributed by atoms with E-state index >= 15 is 0 Å². The van der Waals surface area contributed by atoms with E-state index in [1.54, 1.807) is 0 Å². The number of rotatable bonds is 7. The molecule has 1 aromatic rings. The molecule has 1 saturated carbocycles. The van der Waals surface area contributed by atoms with Crippen LogP contribution in [0.15, 0.2) is 10.5 Å². The van der Waals surface area contributed by atoms with Crippen LogP contribution in [0.3, 0.4) is 0 Å². The lowest BCUT2D eigenvalue weighted by atomic mass is 10.2. The molecule has 1 fully saturated rings. The topological polar surface area (TPSA) is 34.4 Å². The molecule has 0 spiro atoms. The van der Waals surface area contributed by atoms with Crippen LogP contribution in [-0.2, 0) is 17.9 Å². The highest BCUT2D eigenvalue weighted by Crippen LogP contribution is 2.21. The lowest BCUT2D eigenvalue weighted by Gasteiger charge is -2.01. The van der Waals surface area contributed by atoms with Crippen LogP contribution >= 0.6 is 0 Å². The van der Waals surface area contributed by atoms with Gasteiger partial charge in [0.05, 0.1) is 6.54 Å². The number of hydrogen-bond acceptors (Lipinski definition) is 3. The average Bonchev–Trinajstić information content (AvgIpc) is 3.02. The minimum atomic E-state index is 0.595. The molecule has 90 valence electrons. The van der Waals surface area contributed by atoms with Crippen LogP contribution in [0.25, 0.3) is 0 Å². The Bertz CT molecular complexity index is 329. The summed E-state index contributed by atoms with van der Waals surface area (Å²) in [7, 11) is 0. The van der Waals surface area contributed by atoms with Gasteiger partial charge < -0.3 is 14.5 Å². The van der Waals surface area contributed by atoms with Crippen LogP contribution in [0, 0.1) is 6.92 Å². The molecule has 1 aliphatic carbocycles. The smallest absolute Gasteiger partial charge is 0.130 e. The van der Waals surface area contributed by atoms with Crippen molar-refractivity contribution in [2.75, 3.05) is 6.61 Å². The van der Waals surface area contributed by atoms with Gasteiger partial charge in [-0.25, -0.2) is 0 Å². The lowest BCUT2D eigenvalue weighted by molar-refractivity contribution is 0.106. The summed E-state index contributed by atoms with van der Waals surface area (Å²) >= 11 is 0. The highest BCUT2D eigenvalue weighted by Gasteiger charge is 2.21. The summed E-state index contributed by atoms with van der Waals surface area (Å²) in [5.41, 5.74) is 1.23. The number of ether oxygens (including phenoxy) is 1. The van der Waals surface area contributed by atoms with Crippen molar-refractivity contribution >= 4 is 0 Å². The van der Waals surface area contributed by atoms with Crippen LogP contribution in [0.5, 0.6) is 0 Å². The molecule has 3 nitrogen and oxygen atoms in total. The van der Waals surface area contributed by atoms with Crippen molar-refractivity contribution in [3.05, 3.63) is 23.2 Å². The first kappa shape index (κ1) is 11.7. The van der Waals surface area contributed by atoms with Gasteiger partial charge in [-0.3, -0.25) is 0 Å². The zero-order valence-corrected chi connectivity index (χ0v) is 10.2. The molecule has 0 aromatic carbocycles. The summed E-state index contributed by atoms with van der Waals surface area (Å²) in [5, 5.41) is 3.46. The van der Waals surface area contributed by atoms with E-state index in [4.69, 9.17) is 9.15 Å². The maximum atomic E-state index is 5.75. The molecule has 0 amide bonds. The Balaban J connectivity index is 1.81. The Morgan fingerprint density at radius 2 is 2.31 bits per heavy atom. The lowest BCUT2D eigenvalue weighted by Crippen LogP contribution is -2.15. The third kappa shape index (κ3) is 3.35. The Hall–Kier alpha value is -0.800. The molecule has 0 aliphatic heterocycles. The van der Waals surface area contributed by atoms with E-state index < -0.39 is 0 Å². The molecular weight excluding hydrogens is 202 g/mol. The monoisotopic (exact) mass is 223 g/mol. The fraction of sp³-hybridized carbons (Fsp3) is 0.692. The molecule has 0 unspecified atom stereocenters. The summed E-state index contributed by atoms with van der Waals surface area (Å²) in [5.74, 6) is 2.00. The number of furan rings is 1. The van der Waals surface area contributed by atoms with Gasteiger partial charge in [0.1, 0.15) is 18.1 Å². The average molecular weight is 223 g/mol. The zero-order chi connectivity index (χ0) is 11.4. The summed E-state index contributed by atoms with van der Waals surface area (Å²) < 4.78 is 11.2. The number of nitrogens with one attached hydrogen (secondary N) is 1. The maximum absolute atomic E-state index is 5.75. The highest BCUT2D eigenvalue weighted by atomic mass is 16.5. The third-order valence-electron chi connectivity index (χ3n) is 2.79. The van der Waals surface area contributed by atoms with Gasteiger partial charge in [0.2, 0.25) is 0 Å². The Morgan fingerprint density at radius 3 is 3.00 bits per heavy atom. The molecular formula is C13H21NO2. The Morgan fingerprint density at radius 1 is 1.50 bits per heavy atom. The molecule has 1 N–H and O–H groups in total. The first-order chi connectivity index (χ1) is 7.79. The van der Waals surface area contributed by atoms with Crippen LogP contribution < -0.4 is 5.32 Å². The van der Waals surface area contributed by atoms with E-state index in [1.165, 1.54) is 18.4 Å². The fourth-order valence-corrected chi connectivity index (χ4v) is 1.68. The van der Waals surface area contributed by atoms with E-state index in [1.807, 2.05) is 0 Å².